The average molecular weight is 734 g/mol. The van der Waals surface area contributed by atoms with Crippen molar-refractivity contribution in [2.24, 2.45) is 0 Å². The van der Waals surface area contributed by atoms with E-state index in [1.807, 2.05) is 0 Å². The molecule has 0 radical (unpaired) electrons. The second kappa shape index (κ2) is 40.7. The van der Waals surface area contributed by atoms with Gasteiger partial charge >= 0.3 is 0 Å². The van der Waals surface area contributed by atoms with E-state index in [0.717, 1.165) is 51.4 Å². The quantitative estimate of drug-likeness (QED) is 0.0318. The Morgan fingerprint density at radius 1 is 0.462 bits per heavy atom. The fourth-order valence-corrected chi connectivity index (χ4v) is 6.73. The van der Waals surface area contributed by atoms with Crippen LogP contribution in [0.1, 0.15) is 219 Å². The molecule has 4 atom stereocenters. The fraction of sp³-hybridized carbons (Fsp3) is 0.848. The molecular formula is C46H87NO5. The Balaban J connectivity index is 3.79. The predicted octanol–water partition coefficient (Wildman–Crippen LogP) is 11.7. The number of allylic oxidation sites excluding steroid dienone is 6. The molecule has 4 unspecified atom stereocenters. The van der Waals surface area contributed by atoms with E-state index in [1.165, 1.54) is 135 Å². The third-order valence-electron chi connectivity index (χ3n) is 10.3. The zero-order valence-corrected chi connectivity index (χ0v) is 34.3. The van der Waals surface area contributed by atoms with E-state index in [9.17, 15) is 25.2 Å². The first kappa shape index (κ1) is 50.5. The lowest BCUT2D eigenvalue weighted by Gasteiger charge is -2.27. The van der Waals surface area contributed by atoms with Crippen LogP contribution in [0.4, 0.5) is 0 Å². The molecule has 6 nitrogen and oxygen atoms in total. The van der Waals surface area contributed by atoms with Gasteiger partial charge in [-0.2, -0.15) is 0 Å². The standard InChI is InChI=1S/C46H87NO5/c1-3-5-7-9-11-13-15-17-19-21-22-24-26-28-30-32-34-36-38-40-44(50)46(52)47-42(41-48)45(51)43(49)39-37-35-33-31-29-27-25-23-20-18-16-14-12-10-8-6-4-2/h14,16,23,25,31,33,42-45,48-51H,3-13,15,17-22,24,26-30,32,34-41H2,1-2H3,(H,47,52)/b16-14+,25-23+,33-31+. The van der Waals surface area contributed by atoms with Crippen molar-refractivity contribution >= 4 is 5.91 Å². The molecule has 0 aromatic heterocycles. The van der Waals surface area contributed by atoms with Gasteiger partial charge in [0.05, 0.1) is 18.8 Å². The smallest absolute Gasteiger partial charge is 0.249 e. The minimum absolute atomic E-state index is 0.361. The summed E-state index contributed by atoms with van der Waals surface area (Å²) in [5.41, 5.74) is 0. The van der Waals surface area contributed by atoms with E-state index in [-0.39, 0.29) is 0 Å². The summed E-state index contributed by atoms with van der Waals surface area (Å²) >= 11 is 0. The number of amides is 1. The lowest BCUT2D eigenvalue weighted by atomic mass is 10.00. The molecular weight excluding hydrogens is 647 g/mol. The van der Waals surface area contributed by atoms with Crippen LogP contribution in [0.2, 0.25) is 0 Å². The monoisotopic (exact) mass is 734 g/mol. The van der Waals surface area contributed by atoms with E-state index >= 15 is 0 Å². The van der Waals surface area contributed by atoms with Gasteiger partial charge < -0.3 is 25.7 Å². The number of carbonyl (C=O) groups excluding carboxylic acids is 1. The molecule has 0 spiro atoms. The molecule has 0 saturated carbocycles. The van der Waals surface area contributed by atoms with Crippen LogP contribution in [0.5, 0.6) is 0 Å². The number of hydrogen-bond donors (Lipinski definition) is 5. The van der Waals surface area contributed by atoms with E-state index in [1.54, 1.807) is 0 Å². The molecule has 306 valence electrons. The summed E-state index contributed by atoms with van der Waals surface area (Å²) in [6, 6.07) is -1.01. The molecule has 6 heteroatoms. The lowest BCUT2D eigenvalue weighted by Crippen LogP contribution is -2.53. The summed E-state index contributed by atoms with van der Waals surface area (Å²) in [5.74, 6) is -0.598. The summed E-state index contributed by atoms with van der Waals surface area (Å²) in [6.07, 6.45) is 47.4. The normalized spacial score (nSPS) is 14.5. The predicted molar refractivity (Wildman–Crippen MR) is 224 cm³/mol. The molecule has 0 aliphatic rings. The van der Waals surface area contributed by atoms with E-state index in [0.29, 0.717) is 19.3 Å². The van der Waals surface area contributed by atoms with Crippen molar-refractivity contribution in [1.82, 2.24) is 5.32 Å². The Bertz CT molecular complexity index is 828. The number of nitrogens with one attached hydrogen (secondary N) is 1. The molecule has 0 heterocycles. The summed E-state index contributed by atoms with van der Waals surface area (Å²) in [6.45, 7) is 4.02. The molecule has 0 aromatic rings. The fourth-order valence-electron chi connectivity index (χ4n) is 6.73. The van der Waals surface area contributed by atoms with Gasteiger partial charge in [0.2, 0.25) is 5.91 Å². The van der Waals surface area contributed by atoms with Gasteiger partial charge in [0, 0.05) is 0 Å². The number of aliphatic hydroxyl groups is 4. The summed E-state index contributed by atoms with van der Waals surface area (Å²) in [4.78, 5) is 12.5. The number of unbranched alkanes of at least 4 members (excludes halogenated alkanes) is 25. The Labute approximate surface area is 322 Å². The molecule has 0 rings (SSSR count). The summed E-state index contributed by atoms with van der Waals surface area (Å²) < 4.78 is 0. The van der Waals surface area contributed by atoms with Crippen molar-refractivity contribution < 1.29 is 25.2 Å². The van der Waals surface area contributed by atoms with Gasteiger partial charge in [-0.3, -0.25) is 4.79 Å². The molecule has 0 aliphatic heterocycles. The number of rotatable bonds is 40. The second-order valence-electron chi connectivity index (χ2n) is 15.4. The van der Waals surface area contributed by atoms with Crippen molar-refractivity contribution in [3.8, 4) is 0 Å². The third kappa shape index (κ3) is 34.3. The lowest BCUT2D eigenvalue weighted by molar-refractivity contribution is -0.132. The third-order valence-corrected chi connectivity index (χ3v) is 10.3. The molecule has 0 bridgehead atoms. The topological polar surface area (TPSA) is 110 Å². The van der Waals surface area contributed by atoms with Gasteiger partial charge in [-0.1, -0.05) is 192 Å². The van der Waals surface area contributed by atoms with Crippen molar-refractivity contribution in [2.45, 2.75) is 244 Å². The molecule has 5 N–H and O–H groups in total. The number of hydrogen-bond acceptors (Lipinski definition) is 5. The SMILES string of the molecule is CCCCCC/C=C/CC/C=C/CC/C=C/CCCC(O)C(O)C(CO)NC(=O)C(O)CCCCCCCCCCCCCCCCCCCCC. The van der Waals surface area contributed by atoms with E-state index < -0.39 is 36.9 Å². The van der Waals surface area contributed by atoms with Gasteiger partial charge in [-0.25, -0.2) is 0 Å². The first-order valence-electron chi connectivity index (χ1n) is 22.4. The summed E-state index contributed by atoms with van der Waals surface area (Å²) in [7, 11) is 0. The molecule has 1 amide bonds. The Kier molecular flexibility index (Phi) is 39.6. The highest BCUT2D eigenvalue weighted by molar-refractivity contribution is 5.80. The summed E-state index contributed by atoms with van der Waals surface area (Å²) in [5, 5.41) is 43.7. The molecule has 0 saturated heterocycles. The maximum Gasteiger partial charge on any atom is 0.249 e. The van der Waals surface area contributed by atoms with Crippen LogP contribution in [-0.4, -0.2) is 57.3 Å². The maximum absolute atomic E-state index is 12.5. The maximum atomic E-state index is 12.5. The zero-order chi connectivity index (χ0) is 38.2. The van der Waals surface area contributed by atoms with E-state index in [2.05, 4.69) is 55.6 Å². The van der Waals surface area contributed by atoms with Gasteiger partial charge in [-0.15, -0.1) is 0 Å². The van der Waals surface area contributed by atoms with Crippen LogP contribution >= 0.6 is 0 Å². The first-order valence-corrected chi connectivity index (χ1v) is 22.4. The van der Waals surface area contributed by atoms with Crippen LogP contribution in [-0.2, 0) is 4.79 Å². The highest BCUT2D eigenvalue weighted by Gasteiger charge is 2.28. The highest BCUT2D eigenvalue weighted by atomic mass is 16.3. The Morgan fingerprint density at radius 2 is 0.808 bits per heavy atom. The second-order valence-corrected chi connectivity index (χ2v) is 15.4. The largest absolute Gasteiger partial charge is 0.394 e. The number of aliphatic hydroxyl groups excluding tert-OH is 4. The van der Waals surface area contributed by atoms with Crippen molar-refractivity contribution in [1.29, 1.82) is 0 Å². The molecule has 52 heavy (non-hydrogen) atoms. The van der Waals surface area contributed by atoms with Crippen molar-refractivity contribution in [3.63, 3.8) is 0 Å². The Morgan fingerprint density at radius 3 is 1.21 bits per heavy atom. The highest BCUT2D eigenvalue weighted by Crippen LogP contribution is 2.16. The van der Waals surface area contributed by atoms with Gasteiger partial charge in [0.25, 0.3) is 0 Å². The van der Waals surface area contributed by atoms with Crippen molar-refractivity contribution in [3.05, 3.63) is 36.5 Å². The van der Waals surface area contributed by atoms with Gasteiger partial charge in [-0.05, 0) is 64.2 Å². The van der Waals surface area contributed by atoms with Crippen LogP contribution in [0.3, 0.4) is 0 Å². The van der Waals surface area contributed by atoms with Crippen LogP contribution < -0.4 is 5.32 Å². The molecule has 0 aromatic carbocycles. The first-order chi connectivity index (χ1) is 25.5. The van der Waals surface area contributed by atoms with E-state index in [4.69, 9.17) is 0 Å². The zero-order valence-electron chi connectivity index (χ0n) is 34.3. The van der Waals surface area contributed by atoms with Gasteiger partial charge in [0.15, 0.2) is 0 Å². The Hall–Kier alpha value is -1.47. The van der Waals surface area contributed by atoms with Crippen molar-refractivity contribution in [2.75, 3.05) is 6.61 Å². The minimum Gasteiger partial charge on any atom is -0.394 e. The molecule has 0 fully saturated rings. The van der Waals surface area contributed by atoms with Gasteiger partial charge in [0.1, 0.15) is 12.2 Å². The van der Waals surface area contributed by atoms with Crippen LogP contribution in [0.15, 0.2) is 36.5 Å². The van der Waals surface area contributed by atoms with Crippen LogP contribution in [0.25, 0.3) is 0 Å². The van der Waals surface area contributed by atoms with Crippen LogP contribution in [0, 0.1) is 0 Å². The minimum atomic E-state index is -1.29. The average Bonchev–Trinajstić information content (AvgIpc) is 3.15. The molecule has 0 aliphatic carbocycles. The number of carbonyl (C=O) groups is 1.